The molecule has 5 nitrogen and oxygen atoms in total. The molecule has 1 fully saturated rings. The number of nitrogens with zero attached hydrogens (tertiary/aromatic N) is 1. The van der Waals surface area contributed by atoms with Gasteiger partial charge in [-0.2, -0.15) is 13.2 Å². The fraction of sp³-hybridized carbons (Fsp3) is 0.375. The number of halogens is 3. The van der Waals surface area contributed by atoms with Gasteiger partial charge in [-0.1, -0.05) is 18.2 Å². The number of ether oxygens (including phenoxy) is 1. The van der Waals surface area contributed by atoms with E-state index < -0.39 is 11.7 Å². The van der Waals surface area contributed by atoms with Crippen LogP contribution in [0.15, 0.2) is 46.9 Å². The number of fused-ring (bicyclic) bond motifs is 1. The van der Waals surface area contributed by atoms with Crippen molar-refractivity contribution in [3.8, 4) is 5.75 Å². The van der Waals surface area contributed by atoms with Gasteiger partial charge < -0.3 is 19.4 Å². The molecule has 1 N–H and O–H groups in total. The minimum Gasteiger partial charge on any atom is -0.489 e. The molecule has 0 bridgehead atoms. The summed E-state index contributed by atoms with van der Waals surface area (Å²) >= 11 is 0. The summed E-state index contributed by atoms with van der Waals surface area (Å²) in [5.41, 5.74) is 0.279. The van der Waals surface area contributed by atoms with Gasteiger partial charge in [0.2, 0.25) is 0 Å². The Morgan fingerprint density at radius 3 is 2.62 bits per heavy atom. The summed E-state index contributed by atoms with van der Waals surface area (Å²) in [4.78, 5) is 15.2. The van der Waals surface area contributed by atoms with E-state index in [1.54, 1.807) is 31.2 Å². The number of amides is 1. The monoisotopic (exact) mass is 446 g/mol. The van der Waals surface area contributed by atoms with Crippen molar-refractivity contribution in [1.82, 2.24) is 10.2 Å². The van der Waals surface area contributed by atoms with Gasteiger partial charge in [-0.3, -0.25) is 4.79 Å². The molecule has 1 aliphatic heterocycles. The van der Waals surface area contributed by atoms with E-state index in [4.69, 9.17) is 9.15 Å². The number of rotatable bonds is 5. The predicted octanol–water partition coefficient (Wildman–Crippen LogP) is 5.16. The van der Waals surface area contributed by atoms with Gasteiger partial charge in [0.05, 0.1) is 11.1 Å². The van der Waals surface area contributed by atoms with Gasteiger partial charge in [0.25, 0.3) is 5.91 Å². The van der Waals surface area contributed by atoms with Crippen molar-refractivity contribution < 1.29 is 27.1 Å². The van der Waals surface area contributed by atoms with E-state index in [0.29, 0.717) is 28.0 Å². The van der Waals surface area contributed by atoms with Crippen molar-refractivity contribution in [1.29, 1.82) is 0 Å². The molecule has 3 aromatic rings. The Morgan fingerprint density at radius 1 is 1.19 bits per heavy atom. The molecule has 0 radical (unpaired) electrons. The zero-order valence-corrected chi connectivity index (χ0v) is 18.0. The third kappa shape index (κ3) is 4.75. The predicted molar refractivity (Wildman–Crippen MR) is 115 cm³/mol. The van der Waals surface area contributed by atoms with E-state index in [1.807, 2.05) is 0 Å². The zero-order valence-electron chi connectivity index (χ0n) is 18.0. The Labute approximate surface area is 184 Å². The van der Waals surface area contributed by atoms with Crippen molar-refractivity contribution in [2.75, 3.05) is 20.1 Å². The van der Waals surface area contributed by atoms with Crippen LogP contribution in [0.2, 0.25) is 0 Å². The molecule has 32 heavy (non-hydrogen) atoms. The van der Waals surface area contributed by atoms with Gasteiger partial charge in [0.15, 0.2) is 0 Å². The second-order valence-corrected chi connectivity index (χ2v) is 8.19. The maximum absolute atomic E-state index is 13.2. The molecule has 1 saturated heterocycles. The summed E-state index contributed by atoms with van der Waals surface area (Å²) in [6.07, 6.45) is -2.70. The van der Waals surface area contributed by atoms with Gasteiger partial charge in [-0.05, 0) is 64.2 Å². The summed E-state index contributed by atoms with van der Waals surface area (Å²) in [6.45, 7) is 3.33. The molecule has 1 aliphatic rings. The first kappa shape index (κ1) is 22.2. The van der Waals surface area contributed by atoms with Gasteiger partial charge >= 0.3 is 6.18 Å². The van der Waals surface area contributed by atoms with Crippen LogP contribution in [0, 0.1) is 6.92 Å². The molecule has 0 aliphatic carbocycles. The first-order valence-corrected chi connectivity index (χ1v) is 10.5. The topological polar surface area (TPSA) is 54.7 Å². The minimum atomic E-state index is -4.45. The number of alkyl halides is 3. The highest BCUT2D eigenvalue weighted by molar-refractivity contribution is 6.07. The molecule has 0 saturated carbocycles. The molecule has 0 unspecified atom stereocenters. The Morgan fingerprint density at radius 2 is 1.91 bits per heavy atom. The Kier molecular flexibility index (Phi) is 6.15. The van der Waals surface area contributed by atoms with E-state index in [2.05, 4.69) is 17.3 Å². The lowest BCUT2D eigenvalue weighted by molar-refractivity contribution is -0.138. The number of nitrogens with one attached hydrogen (secondary N) is 1. The second kappa shape index (κ2) is 8.86. The van der Waals surface area contributed by atoms with E-state index in [-0.39, 0.29) is 24.1 Å². The third-order valence-corrected chi connectivity index (χ3v) is 5.83. The van der Waals surface area contributed by atoms with Gasteiger partial charge in [-0.15, -0.1) is 0 Å². The molecule has 8 heteroatoms. The quantitative estimate of drug-likeness (QED) is 0.588. The van der Waals surface area contributed by atoms with Crippen LogP contribution < -0.4 is 10.1 Å². The first-order valence-electron chi connectivity index (χ1n) is 10.5. The highest BCUT2D eigenvalue weighted by Gasteiger charge is 2.33. The van der Waals surface area contributed by atoms with E-state index in [9.17, 15) is 18.0 Å². The molecule has 0 spiro atoms. The molecule has 0 atom stereocenters. The molecule has 1 aromatic heterocycles. The molecule has 4 rings (SSSR count). The van der Waals surface area contributed by atoms with Crippen LogP contribution in [-0.4, -0.2) is 37.0 Å². The van der Waals surface area contributed by atoms with Crippen molar-refractivity contribution in [3.05, 3.63) is 64.9 Å². The molecular formula is C24H25F3N2O3. The lowest BCUT2D eigenvalue weighted by atomic mass is 10.0. The summed E-state index contributed by atoms with van der Waals surface area (Å²) in [5, 5.41) is 3.66. The SMILES string of the molecule is Cc1oc2ccc(OCc3ccccc3C(F)(F)F)cc2c1C(=O)NC1CCN(C)CC1. The normalized spacial score (nSPS) is 15.8. The van der Waals surface area contributed by atoms with Gasteiger partial charge in [0, 0.05) is 17.0 Å². The molecule has 1 amide bonds. The molecule has 170 valence electrons. The van der Waals surface area contributed by atoms with E-state index in [1.165, 1.54) is 12.1 Å². The van der Waals surface area contributed by atoms with Crippen LogP contribution in [0.5, 0.6) is 5.75 Å². The first-order chi connectivity index (χ1) is 15.2. The summed E-state index contributed by atoms with van der Waals surface area (Å²) in [6, 6.07) is 10.4. The second-order valence-electron chi connectivity index (χ2n) is 8.19. The highest BCUT2D eigenvalue weighted by atomic mass is 19.4. The highest BCUT2D eigenvalue weighted by Crippen LogP contribution is 2.33. The van der Waals surface area contributed by atoms with Crippen LogP contribution in [0.3, 0.4) is 0 Å². The summed E-state index contributed by atoms with van der Waals surface area (Å²) in [5.74, 6) is 0.643. The average Bonchev–Trinajstić information content (AvgIpc) is 3.08. The maximum Gasteiger partial charge on any atom is 0.416 e. The molecule has 2 heterocycles. The largest absolute Gasteiger partial charge is 0.489 e. The molecular weight excluding hydrogens is 421 g/mol. The Hall–Kier alpha value is -3.00. The van der Waals surface area contributed by atoms with Gasteiger partial charge in [-0.25, -0.2) is 0 Å². The Bertz CT molecular complexity index is 1120. The number of aryl methyl sites for hydroxylation is 1. The number of benzene rings is 2. The Balaban J connectivity index is 1.54. The lowest BCUT2D eigenvalue weighted by Gasteiger charge is -2.29. The zero-order chi connectivity index (χ0) is 22.9. The van der Waals surface area contributed by atoms with Crippen LogP contribution in [0.25, 0.3) is 11.0 Å². The van der Waals surface area contributed by atoms with Crippen LogP contribution in [-0.2, 0) is 12.8 Å². The third-order valence-electron chi connectivity index (χ3n) is 5.83. The van der Waals surface area contributed by atoms with Crippen molar-refractivity contribution in [2.24, 2.45) is 0 Å². The summed E-state index contributed by atoms with van der Waals surface area (Å²) < 4.78 is 51.1. The smallest absolute Gasteiger partial charge is 0.416 e. The van der Waals surface area contributed by atoms with Crippen molar-refractivity contribution >= 4 is 16.9 Å². The minimum absolute atomic E-state index is 0.0451. The molecule has 2 aromatic carbocycles. The average molecular weight is 446 g/mol. The van der Waals surface area contributed by atoms with Gasteiger partial charge in [0.1, 0.15) is 23.7 Å². The standard InChI is InChI=1S/C24H25F3N2O3/c1-15-22(23(30)28-17-9-11-29(2)12-10-17)19-13-18(7-8-21(19)32-15)31-14-16-5-3-4-6-20(16)24(25,26)27/h3-8,13,17H,9-12,14H2,1-2H3,(H,28,30). The number of hydrogen-bond donors (Lipinski definition) is 1. The number of furan rings is 1. The van der Waals surface area contributed by atoms with E-state index in [0.717, 1.165) is 32.0 Å². The number of likely N-dealkylation sites (tertiary alicyclic amines) is 1. The van der Waals surface area contributed by atoms with Crippen molar-refractivity contribution in [2.45, 2.75) is 38.6 Å². The fourth-order valence-electron chi connectivity index (χ4n) is 4.07. The maximum atomic E-state index is 13.2. The number of carbonyl (C=O) groups excluding carboxylic acids is 1. The fourth-order valence-corrected chi connectivity index (χ4v) is 4.07. The summed E-state index contributed by atoms with van der Waals surface area (Å²) in [7, 11) is 2.06. The number of carbonyl (C=O) groups is 1. The van der Waals surface area contributed by atoms with Crippen LogP contribution >= 0.6 is 0 Å². The number of hydrogen-bond acceptors (Lipinski definition) is 4. The lowest BCUT2D eigenvalue weighted by Crippen LogP contribution is -2.43. The van der Waals surface area contributed by atoms with Crippen molar-refractivity contribution in [3.63, 3.8) is 0 Å². The number of piperidine rings is 1. The van der Waals surface area contributed by atoms with E-state index >= 15 is 0 Å². The van der Waals surface area contributed by atoms with Crippen LogP contribution in [0.1, 0.15) is 40.1 Å². The van der Waals surface area contributed by atoms with Crippen LogP contribution in [0.4, 0.5) is 13.2 Å².